The normalized spacial score (nSPS) is 10.3. The van der Waals surface area contributed by atoms with E-state index < -0.39 is 0 Å². The van der Waals surface area contributed by atoms with Crippen LogP contribution in [0.2, 0.25) is 5.02 Å². The number of methoxy groups -OCH3 is 1. The summed E-state index contributed by atoms with van der Waals surface area (Å²) in [5, 5.41) is 6.61. The van der Waals surface area contributed by atoms with Gasteiger partial charge < -0.3 is 15.4 Å². The van der Waals surface area contributed by atoms with Crippen molar-refractivity contribution in [2.24, 2.45) is 0 Å². The Bertz CT molecular complexity index is 962. The SMILES string of the molecule is COc1ccccc1CNC(=O)c1cc(Nc2cccc(Cl)c2)nc(C)n1. The molecule has 3 aromatic rings. The Morgan fingerprint density at radius 2 is 1.93 bits per heavy atom. The van der Waals surface area contributed by atoms with E-state index in [0.29, 0.717) is 23.2 Å². The van der Waals surface area contributed by atoms with Crippen LogP contribution in [-0.4, -0.2) is 23.0 Å². The lowest BCUT2D eigenvalue weighted by Crippen LogP contribution is -2.24. The Kier molecular flexibility index (Phi) is 5.88. The monoisotopic (exact) mass is 382 g/mol. The number of hydrogen-bond acceptors (Lipinski definition) is 5. The number of aryl methyl sites for hydroxylation is 1. The van der Waals surface area contributed by atoms with Gasteiger partial charge in [-0.1, -0.05) is 35.9 Å². The summed E-state index contributed by atoms with van der Waals surface area (Å²) in [7, 11) is 1.60. The number of carbonyl (C=O) groups excluding carboxylic acids is 1. The molecule has 0 spiro atoms. The van der Waals surface area contributed by atoms with Crippen molar-refractivity contribution in [1.82, 2.24) is 15.3 Å². The molecule has 1 amide bonds. The molecule has 6 nitrogen and oxygen atoms in total. The van der Waals surface area contributed by atoms with Crippen LogP contribution in [0.4, 0.5) is 11.5 Å². The van der Waals surface area contributed by atoms with Crippen LogP contribution in [0.25, 0.3) is 0 Å². The maximum absolute atomic E-state index is 12.5. The number of amides is 1. The second-order valence-electron chi connectivity index (χ2n) is 5.82. The predicted molar refractivity (Wildman–Crippen MR) is 106 cm³/mol. The summed E-state index contributed by atoms with van der Waals surface area (Å²) < 4.78 is 5.30. The molecule has 2 aromatic carbocycles. The smallest absolute Gasteiger partial charge is 0.270 e. The lowest BCUT2D eigenvalue weighted by Gasteiger charge is -2.11. The lowest BCUT2D eigenvalue weighted by molar-refractivity contribution is 0.0945. The Balaban J connectivity index is 1.74. The molecule has 27 heavy (non-hydrogen) atoms. The van der Waals surface area contributed by atoms with Crippen LogP contribution in [0.3, 0.4) is 0 Å². The zero-order valence-electron chi connectivity index (χ0n) is 15.0. The Morgan fingerprint density at radius 3 is 2.70 bits per heavy atom. The van der Waals surface area contributed by atoms with E-state index in [1.807, 2.05) is 36.4 Å². The molecule has 0 atom stereocenters. The topological polar surface area (TPSA) is 76.1 Å². The van der Waals surface area contributed by atoms with Crippen LogP contribution in [0.15, 0.2) is 54.6 Å². The van der Waals surface area contributed by atoms with Gasteiger partial charge in [0.1, 0.15) is 23.1 Å². The zero-order chi connectivity index (χ0) is 19.2. The molecule has 7 heteroatoms. The predicted octanol–water partition coefficient (Wildman–Crippen LogP) is 4.12. The molecule has 0 fully saturated rings. The highest BCUT2D eigenvalue weighted by Crippen LogP contribution is 2.20. The first-order valence-electron chi connectivity index (χ1n) is 8.33. The van der Waals surface area contributed by atoms with Crippen LogP contribution in [0.5, 0.6) is 5.75 Å². The number of carbonyl (C=O) groups is 1. The molecular formula is C20H19ClN4O2. The highest BCUT2D eigenvalue weighted by Gasteiger charge is 2.12. The molecular weight excluding hydrogens is 364 g/mol. The molecule has 0 bridgehead atoms. The van der Waals surface area contributed by atoms with Gasteiger partial charge in [-0.15, -0.1) is 0 Å². The number of aromatic nitrogens is 2. The molecule has 0 radical (unpaired) electrons. The number of para-hydroxylation sites is 1. The third-order valence-corrected chi connectivity index (χ3v) is 4.03. The van der Waals surface area contributed by atoms with Gasteiger partial charge in [0.2, 0.25) is 0 Å². The number of nitrogens with zero attached hydrogens (tertiary/aromatic N) is 2. The maximum Gasteiger partial charge on any atom is 0.270 e. The quantitative estimate of drug-likeness (QED) is 0.670. The van der Waals surface area contributed by atoms with E-state index in [0.717, 1.165) is 17.0 Å². The second kappa shape index (κ2) is 8.51. The largest absolute Gasteiger partial charge is 0.496 e. The van der Waals surface area contributed by atoms with Crippen LogP contribution in [0, 0.1) is 6.92 Å². The van der Waals surface area contributed by atoms with E-state index in [4.69, 9.17) is 16.3 Å². The van der Waals surface area contributed by atoms with Crippen molar-refractivity contribution in [1.29, 1.82) is 0 Å². The molecule has 0 saturated carbocycles. The highest BCUT2D eigenvalue weighted by atomic mass is 35.5. The Labute approximate surface area is 162 Å². The molecule has 0 unspecified atom stereocenters. The Morgan fingerprint density at radius 1 is 1.11 bits per heavy atom. The van der Waals surface area contributed by atoms with Gasteiger partial charge in [0.15, 0.2) is 0 Å². The molecule has 0 saturated heterocycles. The summed E-state index contributed by atoms with van der Waals surface area (Å²) in [5.74, 6) is 1.44. The average Bonchev–Trinajstić information content (AvgIpc) is 2.66. The summed E-state index contributed by atoms with van der Waals surface area (Å²) in [5.41, 5.74) is 1.94. The number of hydrogen-bond donors (Lipinski definition) is 2. The fourth-order valence-corrected chi connectivity index (χ4v) is 2.77. The summed E-state index contributed by atoms with van der Waals surface area (Å²) >= 11 is 6.00. The van der Waals surface area contributed by atoms with Crippen LogP contribution >= 0.6 is 11.6 Å². The van der Waals surface area contributed by atoms with Crippen molar-refractivity contribution in [3.05, 3.63) is 76.7 Å². The maximum atomic E-state index is 12.5. The van der Waals surface area contributed by atoms with Crippen molar-refractivity contribution < 1.29 is 9.53 Å². The molecule has 0 aliphatic carbocycles. The van der Waals surface area contributed by atoms with Gasteiger partial charge in [0.05, 0.1) is 7.11 Å². The minimum atomic E-state index is -0.291. The van der Waals surface area contributed by atoms with E-state index in [2.05, 4.69) is 20.6 Å². The first-order valence-corrected chi connectivity index (χ1v) is 8.71. The van der Waals surface area contributed by atoms with Crippen molar-refractivity contribution in [2.75, 3.05) is 12.4 Å². The number of ether oxygens (including phenoxy) is 1. The zero-order valence-corrected chi connectivity index (χ0v) is 15.7. The molecule has 1 aromatic heterocycles. The van der Waals surface area contributed by atoms with Crippen molar-refractivity contribution >= 4 is 29.0 Å². The highest BCUT2D eigenvalue weighted by molar-refractivity contribution is 6.30. The number of halogens is 1. The minimum absolute atomic E-state index is 0.280. The molecule has 3 rings (SSSR count). The van der Waals surface area contributed by atoms with Gasteiger partial charge in [0, 0.05) is 28.9 Å². The van der Waals surface area contributed by atoms with E-state index in [-0.39, 0.29) is 11.6 Å². The summed E-state index contributed by atoms with van der Waals surface area (Å²) in [6.07, 6.45) is 0. The van der Waals surface area contributed by atoms with Gasteiger partial charge in [-0.3, -0.25) is 4.79 Å². The van der Waals surface area contributed by atoms with Crippen molar-refractivity contribution in [3.8, 4) is 5.75 Å². The Hall–Kier alpha value is -3.12. The molecule has 2 N–H and O–H groups in total. The third kappa shape index (κ3) is 4.95. The minimum Gasteiger partial charge on any atom is -0.496 e. The average molecular weight is 383 g/mol. The van der Waals surface area contributed by atoms with Crippen molar-refractivity contribution in [3.63, 3.8) is 0 Å². The fraction of sp³-hybridized carbons (Fsp3) is 0.150. The van der Waals surface area contributed by atoms with Crippen LogP contribution in [0.1, 0.15) is 21.9 Å². The number of nitrogens with one attached hydrogen (secondary N) is 2. The fourth-order valence-electron chi connectivity index (χ4n) is 2.58. The van der Waals surface area contributed by atoms with E-state index >= 15 is 0 Å². The third-order valence-electron chi connectivity index (χ3n) is 3.80. The number of anilines is 2. The molecule has 138 valence electrons. The van der Waals surface area contributed by atoms with Gasteiger partial charge in [-0.2, -0.15) is 0 Å². The van der Waals surface area contributed by atoms with E-state index in [1.54, 1.807) is 32.2 Å². The molecule has 0 aliphatic rings. The number of rotatable bonds is 6. The lowest BCUT2D eigenvalue weighted by atomic mass is 10.2. The van der Waals surface area contributed by atoms with Crippen molar-refractivity contribution in [2.45, 2.75) is 13.5 Å². The molecule has 0 aliphatic heterocycles. The van der Waals surface area contributed by atoms with Gasteiger partial charge in [-0.25, -0.2) is 9.97 Å². The van der Waals surface area contributed by atoms with E-state index in [9.17, 15) is 4.79 Å². The van der Waals surface area contributed by atoms with Crippen LogP contribution in [-0.2, 0) is 6.54 Å². The van der Waals surface area contributed by atoms with Gasteiger partial charge >= 0.3 is 0 Å². The summed E-state index contributed by atoms with van der Waals surface area (Å²) in [6, 6.07) is 16.4. The van der Waals surface area contributed by atoms with Crippen LogP contribution < -0.4 is 15.4 Å². The first kappa shape index (κ1) is 18.7. The number of benzene rings is 2. The van der Waals surface area contributed by atoms with E-state index in [1.165, 1.54) is 0 Å². The molecule has 1 heterocycles. The first-order chi connectivity index (χ1) is 13.0. The standard InChI is InChI=1S/C20H19ClN4O2/c1-13-23-17(11-19(24-13)25-16-8-5-7-15(21)10-16)20(26)22-12-14-6-3-4-9-18(14)27-2/h3-11H,12H2,1-2H3,(H,22,26)(H,23,24,25). The summed E-state index contributed by atoms with van der Waals surface area (Å²) in [6.45, 7) is 2.07. The summed E-state index contributed by atoms with van der Waals surface area (Å²) in [4.78, 5) is 21.1. The van der Waals surface area contributed by atoms with Gasteiger partial charge in [-0.05, 0) is 31.2 Å². The second-order valence-corrected chi connectivity index (χ2v) is 6.25. The van der Waals surface area contributed by atoms with Gasteiger partial charge in [0.25, 0.3) is 5.91 Å².